The van der Waals surface area contributed by atoms with E-state index in [1.54, 1.807) is 31.7 Å². The molecule has 0 N–H and O–H groups in total. The Balaban J connectivity index is 1.67. The Morgan fingerprint density at radius 1 is 1.00 bits per heavy atom. The van der Waals surface area contributed by atoms with Crippen LogP contribution in [-0.4, -0.2) is 47.4 Å². The van der Waals surface area contributed by atoms with Crippen LogP contribution in [0.4, 0.5) is 9.18 Å². The molecule has 184 valence electrons. The van der Waals surface area contributed by atoms with Crippen LogP contribution in [0.2, 0.25) is 0 Å². The fourth-order valence-corrected chi connectivity index (χ4v) is 4.07. The highest BCUT2D eigenvalue weighted by molar-refractivity contribution is 5.90. The van der Waals surface area contributed by atoms with E-state index in [1.165, 1.54) is 6.07 Å². The molecule has 1 heterocycles. The maximum Gasteiger partial charge on any atom is 0.410 e. The van der Waals surface area contributed by atoms with E-state index in [9.17, 15) is 14.0 Å². The Labute approximate surface area is 196 Å². The summed E-state index contributed by atoms with van der Waals surface area (Å²) >= 11 is 0. The van der Waals surface area contributed by atoms with Crippen LogP contribution in [0, 0.1) is 5.82 Å². The van der Waals surface area contributed by atoms with Crippen molar-refractivity contribution in [2.24, 2.45) is 0 Å². The summed E-state index contributed by atoms with van der Waals surface area (Å²) in [6, 6.07) is 2.92. The molecule has 2 fully saturated rings. The summed E-state index contributed by atoms with van der Waals surface area (Å²) in [7, 11) is 0. The first kappa shape index (κ1) is 25.3. The zero-order valence-corrected chi connectivity index (χ0v) is 20.8. The molecule has 1 aliphatic heterocycles. The van der Waals surface area contributed by atoms with Gasteiger partial charge in [0, 0.05) is 25.1 Å². The summed E-state index contributed by atoms with van der Waals surface area (Å²) < 4.78 is 31.7. The lowest BCUT2D eigenvalue weighted by molar-refractivity contribution is 0.00585. The maximum absolute atomic E-state index is 14.8. The van der Waals surface area contributed by atoms with Crippen molar-refractivity contribution in [2.75, 3.05) is 13.2 Å². The first-order chi connectivity index (χ1) is 15.3. The molecule has 1 saturated heterocycles. The predicted molar refractivity (Wildman–Crippen MR) is 124 cm³/mol. The number of carbonyl (C=O) groups is 2. The zero-order valence-electron chi connectivity index (χ0n) is 20.8. The highest BCUT2D eigenvalue weighted by Gasteiger charge is 2.32. The van der Waals surface area contributed by atoms with Crippen LogP contribution in [0.3, 0.4) is 0 Å². The van der Waals surface area contributed by atoms with Gasteiger partial charge in [-0.1, -0.05) is 0 Å². The van der Waals surface area contributed by atoms with Crippen LogP contribution < -0.4 is 4.74 Å². The molecule has 2 aliphatic rings. The van der Waals surface area contributed by atoms with E-state index in [2.05, 4.69) is 0 Å². The number of piperidine rings is 1. The summed E-state index contributed by atoms with van der Waals surface area (Å²) in [6.45, 7) is 11.9. The Morgan fingerprint density at radius 2 is 1.67 bits per heavy atom. The van der Waals surface area contributed by atoms with Crippen molar-refractivity contribution in [1.82, 2.24) is 4.90 Å². The van der Waals surface area contributed by atoms with Gasteiger partial charge in [0.1, 0.15) is 22.8 Å². The van der Waals surface area contributed by atoms with Gasteiger partial charge in [-0.15, -0.1) is 0 Å². The van der Waals surface area contributed by atoms with Gasteiger partial charge in [-0.3, -0.25) is 0 Å². The highest BCUT2D eigenvalue weighted by atomic mass is 19.1. The number of carbonyl (C=O) groups excluding carboxylic acids is 2. The molecule has 1 saturated carbocycles. The minimum Gasteiger partial charge on any atom is -0.493 e. The molecule has 3 rings (SSSR count). The van der Waals surface area contributed by atoms with Crippen LogP contribution in [-0.2, 0) is 9.47 Å². The van der Waals surface area contributed by atoms with E-state index in [0.717, 1.165) is 37.7 Å². The van der Waals surface area contributed by atoms with E-state index in [1.807, 2.05) is 20.8 Å². The molecule has 1 amide bonds. The number of halogens is 1. The molecular weight excluding hydrogens is 425 g/mol. The standard InChI is InChI=1S/C26H38FNO5/c1-25(2,3)32-23(29)20-15-19(17-10-11-17)22(16-21(20)27)31-14-12-18-9-7-8-13-28(18)24(30)33-26(4,5)6/h15-18H,7-14H2,1-6H3. The van der Waals surface area contributed by atoms with Crippen molar-refractivity contribution in [3.8, 4) is 5.75 Å². The zero-order chi connectivity index (χ0) is 24.4. The molecule has 1 atom stereocenters. The number of likely N-dealkylation sites (tertiary alicyclic amines) is 1. The van der Waals surface area contributed by atoms with E-state index in [4.69, 9.17) is 14.2 Å². The molecular formula is C26H38FNO5. The molecule has 0 bridgehead atoms. The smallest absolute Gasteiger partial charge is 0.410 e. The lowest BCUT2D eigenvalue weighted by Crippen LogP contribution is -2.46. The normalized spacial score (nSPS) is 19.2. The van der Waals surface area contributed by atoms with E-state index in [-0.39, 0.29) is 23.6 Å². The Morgan fingerprint density at radius 3 is 2.27 bits per heavy atom. The van der Waals surface area contributed by atoms with Crippen molar-refractivity contribution >= 4 is 12.1 Å². The summed E-state index contributed by atoms with van der Waals surface area (Å²) in [5, 5.41) is 0. The van der Waals surface area contributed by atoms with Gasteiger partial charge in [-0.05, 0) is 91.2 Å². The van der Waals surface area contributed by atoms with Crippen LogP contribution in [0.15, 0.2) is 12.1 Å². The van der Waals surface area contributed by atoms with E-state index >= 15 is 0 Å². The average molecular weight is 464 g/mol. The minimum absolute atomic E-state index is 0.0314. The van der Waals surface area contributed by atoms with Gasteiger partial charge in [0.25, 0.3) is 0 Å². The number of nitrogens with zero attached hydrogens (tertiary/aromatic N) is 1. The van der Waals surface area contributed by atoms with Crippen molar-refractivity contribution in [2.45, 2.75) is 103 Å². The number of rotatable bonds is 6. The second-order valence-corrected chi connectivity index (χ2v) is 11.1. The number of ether oxygens (including phenoxy) is 3. The first-order valence-corrected chi connectivity index (χ1v) is 12.0. The third-order valence-electron chi connectivity index (χ3n) is 5.70. The Kier molecular flexibility index (Phi) is 7.59. The Bertz CT molecular complexity index is 867. The highest BCUT2D eigenvalue weighted by Crippen LogP contribution is 2.45. The molecule has 0 radical (unpaired) electrons. The van der Waals surface area contributed by atoms with Crippen LogP contribution >= 0.6 is 0 Å². The monoisotopic (exact) mass is 463 g/mol. The minimum atomic E-state index is -0.696. The topological polar surface area (TPSA) is 65.1 Å². The summed E-state index contributed by atoms with van der Waals surface area (Å²) in [4.78, 5) is 26.9. The number of hydrogen-bond donors (Lipinski definition) is 0. The Hall–Kier alpha value is -2.31. The predicted octanol–water partition coefficient (Wildman–Crippen LogP) is 6.22. The van der Waals surface area contributed by atoms with Crippen LogP contribution in [0.25, 0.3) is 0 Å². The van der Waals surface area contributed by atoms with Gasteiger partial charge in [0.05, 0.1) is 12.2 Å². The number of benzene rings is 1. The van der Waals surface area contributed by atoms with Gasteiger partial charge in [0.15, 0.2) is 0 Å². The molecule has 0 aromatic heterocycles. The second-order valence-electron chi connectivity index (χ2n) is 11.1. The molecule has 6 nitrogen and oxygen atoms in total. The van der Waals surface area contributed by atoms with Gasteiger partial charge in [-0.25, -0.2) is 14.0 Å². The summed E-state index contributed by atoms with van der Waals surface area (Å²) in [6.07, 6.45) is 5.23. The maximum atomic E-state index is 14.8. The van der Waals surface area contributed by atoms with Crippen molar-refractivity contribution in [1.29, 1.82) is 0 Å². The number of esters is 1. The lowest BCUT2D eigenvalue weighted by atomic mass is 10.00. The quantitative estimate of drug-likeness (QED) is 0.469. The second kappa shape index (κ2) is 9.90. The number of hydrogen-bond acceptors (Lipinski definition) is 5. The van der Waals surface area contributed by atoms with Crippen LogP contribution in [0.1, 0.15) is 102 Å². The third-order valence-corrected chi connectivity index (χ3v) is 5.70. The summed E-state index contributed by atoms with van der Waals surface area (Å²) in [5.41, 5.74) is -0.437. The fourth-order valence-electron chi connectivity index (χ4n) is 4.07. The average Bonchev–Trinajstić information content (AvgIpc) is 3.51. The van der Waals surface area contributed by atoms with Crippen molar-refractivity contribution in [3.63, 3.8) is 0 Å². The molecule has 33 heavy (non-hydrogen) atoms. The molecule has 1 aliphatic carbocycles. The summed E-state index contributed by atoms with van der Waals surface area (Å²) in [5.74, 6) is -0.558. The molecule has 1 aromatic carbocycles. The van der Waals surface area contributed by atoms with Crippen molar-refractivity contribution in [3.05, 3.63) is 29.1 Å². The van der Waals surface area contributed by atoms with E-state index in [0.29, 0.717) is 25.3 Å². The molecule has 1 unspecified atom stereocenters. The molecule has 1 aromatic rings. The number of amides is 1. The molecule has 0 spiro atoms. The van der Waals surface area contributed by atoms with Crippen molar-refractivity contribution < 1.29 is 28.2 Å². The van der Waals surface area contributed by atoms with Crippen LogP contribution in [0.5, 0.6) is 5.75 Å². The third kappa shape index (κ3) is 7.34. The SMILES string of the molecule is CC(C)(C)OC(=O)c1cc(C2CC2)c(OCCC2CCCCN2C(=O)OC(C)(C)C)cc1F. The fraction of sp³-hybridized carbons (Fsp3) is 0.692. The van der Waals surface area contributed by atoms with Gasteiger partial charge >= 0.3 is 12.1 Å². The van der Waals surface area contributed by atoms with Gasteiger partial charge < -0.3 is 19.1 Å². The molecule has 7 heteroatoms. The first-order valence-electron chi connectivity index (χ1n) is 12.0. The van der Waals surface area contributed by atoms with E-state index < -0.39 is 23.0 Å². The lowest BCUT2D eigenvalue weighted by Gasteiger charge is -2.36. The van der Waals surface area contributed by atoms with Gasteiger partial charge in [-0.2, -0.15) is 0 Å². The van der Waals surface area contributed by atoms with Gasteiger partial charge in [0.2, 0.25) is 0 Å². The largest absolute Gasteiger partial charge is 0.493 e.